The van der Waals surface area contributed by atoms with Gasteiger partial charge in [-0.1, -0.05) is 0 Å². The van der Waals surface area contributed by atoms with Crippen LogP contribution in [0.1, 0.15) is 37.3 Å². The minimum absolute atomic E-state index is 0.0170. The molecule has 26 heavy (non-hydrogen) atoms. The van der Waals surface area contributed by atoms with Crippen LogP contribution in [0.15, 0.2) is 35.0 Å². The molecule has 3 aromatic rings. The van der Waals surface area contributed by atoms with Crippen LogP contribution in [0.2, 0.25) is 0 Å². The van der Waals surface area contributed by atoms with Crippen molar-refractivity contribution in [2.45, 2.75) is 32.7 Å². The van der Waals surface area contributed by atoms with Gasteiger partial charge in [0, 0.05) is 19.0 Å². The fourth-order valence-electron chi connectivity index (χ4n) is 3.35. The number of carbonyl (C=O) groups excluding carboxylic acids is 1. The van der Waals surface area contributed by atoms with E-state index in [1.165, 1.54) is 0 Å². The van der Waals surface area contributed by atoms with E-state index in [-0.39, 0.29) is 17.9 Å². The van der Waals surface area contributed by atoms with E-state index in [4.69, 9.17) is 4.42 Å². The minimum atomic E-state index is -0.118. The number of aromatic nitrogens is 4. The summed E-state index contributed by atoms with van der Waals surface area (Å²) in [7, 11) is 0. The zero-order chi connectivity index (χ0) is 18.1. The van der Waals surface area contributed by atoms with E-state index in [9.17, 15) is 4.79 Å². The highest BCUT2D eigenvalue weighted by atomic mass is 16.3. The Morgan fingerprint density at radius 1 is 1.27 bits per heavy atom. The summed E-state index contributed by atoms with van der Waals surface area (Å²) in [6, 6.07) is 7.56. The molecule has 0 radical (unpaired) electrons. The molecular formula is C18H22N6O2. The molecule has 1 unspecified atom stereocenters. The molecule has 0 spiro atoms. The maximum Gasteiger partial charge on any atom is 0.223 e. The van der Waals surface area contributed by atoms with Gasteiger partial charge in [0.05, 0.1) is 6.04 Å². The summed E-state index contributed by atoms with van der Waals surface area (Å²) >= 11 is 0. The minimum Gasteiger partial charge on any atom is -0.464 e. The summed E-state index contributed by atoms with van der Waals surface area (Å²) in [5.74, 6) is 2.64. The summed E-state index contributed by atoms with van der Waals surface area (Å²) in [6.45, 7) is 5.45. The molecule has 1 fully saturated rings. The first kappa shape index (κ1) is 16.6. The Morgan fingerprint density at radius 2 is 2.08 bits per heavy atom. The van der Waals surface area contributed by atoms with Crippen LogP contribution in [0.3, 0.4) is 0 Å². The Morgan fingerprint density at radius 3 is 2.81 bits per heavy atom. The number of nitrogens with zero attached hydrogens (tertiary/aromatic N) is 5. The number of aryl methyl sites for hydroxylation is 1. The second-order valence-corrected chi connectivity index (χ2v) is 6.77. The molecule has 0 aliphatic carbocycles. The van der Waals surface area contributed by atoms with E-state index in [0.717, 1.165) is 48.9 Å². The van der Waals surface area contributed by atoms with Crippen LogP contribution in [-0.4, -0.2) is 38.8 Å². The van der Waals surface area contributed by atoms with E-state index in [0.29, 0.717) is 0 Å². The quantitative estimate of drug-likeness (QED) is 0.772. The number of carbonyl (C=O) groups is 1. The van der Waals surface area contributed by atoms with E-state index in [2.05, 4.69) is 25.5 Å². The van der Waals surface area contributed by atoms with Gasteiger partial charge in [0.2, 0.25) is 5.91 Å². The topological polar surface area (TPSA) is 88.6 Å². The third kappa shape index (κ3) is 3.26. The number of piperidine rings is 1. The second kappa shape index (κ2) is 6.78. The highest BCUT2D eigenvalue weighted by Gasteiger charge is 2.27. The van der Waals surface area contributed by atoms with Crippen molar-refractivity contribution in [3.63, 3.8) is 0 Å². The maximum absolute atomic E-state index is 12.6. The average molecular weight is 354 g/mol. The average Bonchev–Trinajstić information content (AvgIpc) is 3.29. The van der Waals surface area contributed by atoms with Crippen molar-refractivity contribution in [1.29, 1.82) is 0 Å². The molecule has 4 heterocycles. The van der Waals surface area contributed by atoms with Crippen molar-refractivity contribution in [2.24, 2.45) is 5.92 Å². The number of furan rings is 1. The van der Waals surface area contributed by atoms with Gasteiger partial charge in [-0.25, -0.2) is 0 Å². The largest absolute Gasteiger partial charge is 0.464 e. The van der Waals surface area contributed by atoms with Crippen molar-refractivity contribution < 1.29 is 9.21 Å². The Labute approximate surface area is 151 Å². The lowest BCUT2D eigenvalue weighted by Gasteiger charge is -2.32. The van der Waals surface area contributed by atoms with Gasteiger partial charge in [-0.3, -0.25) is 4.79 Å². The number of fused-ring (bicyclic) bond motifs is 1. The van der Waals surface area contributed by atoms with Crippen LogP contribution < -0.4 is 10.2 Å². The number of nitrogens with one attached hydrogen (secondary N) is 1. The van der Waals surface area contributed by atoms with Gasteiger partial charge >= 0.3 is 0 Å². The molecular weight excluding hydrogens is 332 g/mol. The molecule has 1 amide bonds. The first-order valence-corrected chi connectivity index (χ1v) is 8.89. The molecule has 8 nitrogen and oxygen atoms in total. The lowest BCUT2D eigenvalue weighted by Crippen LogP contribution is -2.41. The molecule has 1 atom stereocenters. The molecule has 1 saturated heterocycles. The molecule has 4 rings (SSSR count). The third-order valence-electron chi connectivity index (χ3n) is 4.88. The van der Waals surface area contributed by atoms with Crippen LogP contribution in [0.5, 0.6) is 0 Å². The SMILES string of the molecule is Cc1ccc(C(C)NC(=O)C2CCN(c3ccc4nncn4n3)CC2)o1. The normalized spacial score (nSPS) is 16.8. The first-order chi connectivity index (χ1) is 12.6. The van der Waals surface area contributed by atoms with Crippen molar-refractivity contribution in [3.8, 4) is 0 Å². The van der Waals surface area contributed by atoms with Gasteiger partial charge in [0.15, 0.2) is 5.65 Å². The van der Waals surface area contributed by atoms with Gasteiger partial charge in [0.1, 0.15) is 23.7 Å². The summed E-state index contributed by atoms with van der Waals surface area (Å²) in [5, 5.41) is 15.4. The maximum atomic E-state index is 12.6. The van der Waals surface area contributed by atoms with Crippen LogP contribution in [-0.2, 0) is 4.79 Å². The van der Waals surface area contributed by atoms with Crippen LogP contribution in [0, 0.1) is 12.8 Å². The van der Waals surface area contributed by atoms with Gasteiger partial charge < -0.3 is 14.6 Å². The molecule has 1 aliphatic rings. The zero-order valence-corrected chi connectivity index (χ0v) is 14.9. The van der Waals surface area contributed by atoms with Crippen molar-refractivity contribution in [1.82, 2.24) is 25.1 Å². The number of rotatable bonds is 4. The fourth-order valence-corrected chi connectivity index (χ4v) is 3.35. The van der Waals surface area contributed by atoms with Crippen LogP contribution in [0.4, 0.5) is 5.82 Å². The van der Waals surface area contributed by atoms with E-state index >= 15 is 0 Å². The van der Waals surface area contributed by atoms with Gasteiger partial charge in [-0.05, 0) is 51.0 Å². The first-order valence-electron chi connectivity index (χ1n) is 8.89. The number of amides is 1. The van der Waals surface area contributed by atoms with Crippen molar-refractivity contribution in [3.05, 3.63) is 42.1 Å². The Bertz CT molecular complexity index is 909. The van der Waals surface area contributed by atoms with E-state index < -0.39 is 0 Å². The molecule has 1 aliphatic heterocycles. The van der Waals surface area contributed by atoms with Crippen molar-refractivity contribution >= 4 is 17.4 Å². The predicted molar refractivity (Wildman–Crippen MR) is 95.7 cm³/mol. The number of hydrogen-bond donors (Lipinski definition) is 1. The Hall–Kier alpha value is -2.90. The summed E-state index contributed by atoms with van der Waals surface area (Å²) < 4.78 is 7.26. The summed E-state index contributed by atoms with van der Waals surface area (Å²) in [6.07, 6.45) is 3.20. The molecule has 1 N–H and O–H groups in total. The standard InChI is InChI=1S/C18H22N6O2/c1-12-3-4-15(26-12)13(2)20-18(25)14-7-9-23(10-8-14)17-6-5-16-21-19-11-24(16)22-17/h3-6,11,13-14H,7-10H2,1-2H3,(H,20,25). The number of hydrogen-bond acceptors (Lipinski definition) is 6. The fraction of sp³-hybridized carbons (Fsp3) is 0.444. The highest BCUT2D eigenvalue weighted by molar-refractivity contribution is 5.79. The summed E-state index contributed by atoms with van der Waals surface area (Å²) in [4.78, 5) is 14.8. The van der Waals surface area contributed by atoms with E-state index in [1.807, 2.05) is 38.1 Å². The molecule has 3 aromatic heterocycles. The van der Waals surface area contributed by atoms with Gasteiger partial charge in [-0.15, -0.1) is 15.3 Å². The highest BCUT2D eigenvalue weighted by Crippen LogP contribution is 2.23. The molecule has 0 saturated carbocycles. The van der Waals surface area contributed by atoms with E-state index in [1.54, 1.807) is 10.8 Å². The van der Waals surface area contributed by atoms with Crippen LogP contribution in [0.25, 0.3) is 5.65 Å². The Kier molecular flexibility index (Phi) is 4.32. The van der Waals surface area contributed by atoms with Crippen molar-refractivity contribution in [2.75, 3.05) is 18.0 Å². The molecule has 136 valence electrons. The lowest BCUT2D eigenvalue weighted by molar-refractivity contribution is -0.126. The molecule has 0 bridgehead atoms. The monoisotopic (exact) mass is 354 g/mol. The Balaban J connectivity index is 1.34. The zero-order valence-electron chi connectivity index (χ0n) is 14.9. The van der Waals surface area contributed by atoms with Crippen LogP contribution >= 0.6 is 0 Å². The second-order valence-electron chi connectivity index (χ2n) is 6.77. The lowest BCUT2D eigenvalue weighted by atomic mass is 9.95. The van der Waals surface area contributed by atoms with Gasteiger partial charge in [-0.2, -0.15) is 4.52 Å². The number of anilines is 1. The summed E-state index contributed by atoms with van der Waals surface area (Å²) in [5.41, 5.74) is 0.727. The third-order valence-corrected chi connectivity index (χ3v) is 4.88. The molecule has 0 aromatic carbocycles. The van der Waals surface area contributed by atoms with Gasteiger partial charge in [0.25, 0.3) is 0 Å². The smallest absolute Gasteiger partial charge is 0.223 e. The predicted octanol–water partition coefficient (Wildman–Crippen LogP) is 2.12. The molecule has 8 heteroatoms.